The maximum Gasteiger partial charge on any atom is 0.356 e. The number of hydrogen-bond acceptors (Lipinski definition) is 4. The van der Waals surface area contributed by atoms with Crippen molar-refractivity contribution in [3.63, 3.8) is 0 Å². The van der Waals surface area contributed by atoms with E-state index in [4.69, 9.17) is 4.74 Å². The number of benzene rings is 2. The van der Waals surface area contributed by atoms with Crippen LogP contribution < -0.4 is 16.1 Å². The summed E-state index contributed by atoms with van der Waals surface area (Å²) in [7, 11) is 1.47. The third kappa shape index (κ3) is 2.18. The number of aromatic hydroxyl groups is 1. The highest BCUT2D eigenvalue weighted by Gasteiger charge is 2.15. The Hall–Kier alpha value is -3.22. The maximum absolute atomic E-state index is 12.5. The fourth-order valence-corrected chi connectivity index (χ4v) is 2.16. The first-order valence-corrected chi connectivity index (χ1v) is 6.48. The summed E-state index contributed by atoms with van der Waals surface area (Å²) in [5.74, 6) is 0.303. The summed E-state index contributed by atoms with van der Waals surface area (Å²) >= 11 is 0. The standard InChI is InChI=1S/C15H13N3O4/c1-22-11-7-8-13(19)12(9-11)18-15(21)17(14(20)16-18)10-5-3-2-4-6-10/h2-9,19H,1H3,(H,16,20). The molecule has 1 aromatic heterocycles. The van der Waals surface area contributed by atoms with Gasteiger partial charge in [-0.3, -0.25) is 0 Å². The number of methoxy groups -OCH3 is 1. The van der Waals surface area contributed by atoms with Gasteiger partial charge >= 0.3 is 11.4 Å². The average Bonchev–Trinajstić information content (AvgIpc) is 2.83. The Labute approximate surface area is 124 Å². The second kappa shape index (κ2) is 5.28. The molecule has 7 heteroatoms. The summed E-state index contributed by atoms with van der Waals surface area (Å²) in [5, 5.41) is 12.3. The van der Waals surface area contributed by atoms with Crippen LogP contribution in [0.5, 0.6) is 11.5 Å². The summed E-state index contributed by atoms with van der Waals surface area (Å²) in [4.78, 5) is 24.6. The molecule has 0 saturated heterocycles. The number of aromatic nitrogens is 3. The molecule has 0 unspecified atom stereocenters. The highest BCUT2D eigenvalue weighted by Crippen LogP contribution is 2.24. The first-order chi connectivity index (χ1) is 10.6. The molecule has 2 N–H and O–H groups in total. The van der Waals surface area contributed by atoms with Gasteiger partial charge in [-0.1, -0.05) is 18.2 Å². The molecule has 7 nitrogen and oxygen atoms in total. The zero-order valence-corrected chi connectivity index (χ0v) is 11.7. The van der Waals surface area contributed by atoms with Gasteiger partial charge < -0.3 is 9.84 Å². The van der Waals surface area contributed by atoms with Crippen LogP contribution in [0, 0.1) is 0 Å². The lowest BCUT2D eigenvalue weighted by Crippen LogP contribution is -2.26. The van der Waals surface area contributed by atoms with Crippen molar-refractivity contribution in [3.8, 4) is 22.9 Å². The highest BCUT2D eigenvalue weighted by atomic mass is 16.5. The van der Waals surface area contributed by atoms with E-state index in [0.717, 1.165) is 9.25 Å². The molecule has 0 saturated carbocycles. The SMILES string of the molecule is COc1ccc(O)c(-n2[nH]c(=O)n(-c3ccccc3)c2=O)c1. The number of nitrogens with one attached hydrogen (secondary N) is 1. The topological polar surface area (TPSA) is 89.2 Å². The van der Waals surface area contributed by atoms with Crippen LogP contribution in [0.1, 0.15) is 0 Å². The molecule has 0 atom stereocenters. The third-order valence-corrected chi connectivity index (χ3v) is 3.23. The first kappa shape index (κ1) is 13.7. The molecule has 112 valence electrons. The smallest absolute Gasteiger partial charge is 0.356 e. The minimum atomic E-state index is -0.611. The van der Waals surface area contributed by atoms with Crippen LogP contribution in [0.15, 0.2) is 58.1 Å². The van der Waals surface area contributed by atoms with E-state index in [-0.39, 0.29) is 11.4 Å². The van der Waals surface area contributed by atoms with Gasteiger partial charge in [-0.2, -0.15) is 4.68 Å². The normalized spacial score (nSPS) is 10.6. The summed E-state index contributed by atoms with van der Waals surface area (Å²) in [5.41, 5.74) is -0.635. The summed E-state index contributed by atoms with van der Waals surface area (Å²) in [6.07, 6.45) is 0. The Bertz CT molecular complexity index is 922. The molecular formula is C15H13N3O4. The molecule has 1 heterocycles. The van der Waals surface area contributed by atoms with E-state index in [1.54, 1.807) is 36.4 Å². The Kier molecular flexibility index (Phi) is 3.30. The van der Waals surface area contributed by atoms with E-state index in [1.807, 2.05) is 0 Å². The molecule has 2 aromatic carbocycles. The number of phenols is 1. The largest absolute Gasteiger partial charge is 0.506 e. The summed E-state index contributed by atoms with van der Waals surface area (Å²) in [6.45, 7) is 0. The molecule has 0 amide bonds. The Morgan fingerprint density at radius 3 is 2.50 bits per heavy atom. The molecule has 0 aliphatic rings. The second-order valence-electron chi connectivity index (χ2n) is 4.56. The van der Waals surface area contributed by atoms with Crippen LogP contribution in [0.25, 0.3) is 11.4 Å². The average molecular weight is 299 g/mol. The van der Waals surface area contributed by atoms with E-state index in [2.05, 4.69) is 5.10 Å². The molecule has 0 aliphatic heterocycles. The van der Waals surface area contributed by atoms with Crippen molar-refractivity contribution in [3.05, 3.63) is 69.5 Å². The van der Waals surface area contributed by atoms with Crippen molar-refractivity contribution in [2.24, 2.45) is 0 Å². The molecule has 22 heavy (non-hydrogen) atoms. The molecule has 3 rings (SSSR count). The van der Waals surface area contributed by atoms with Gasteiger partial charge in [0, 0.05) is 6.07 Å². The minimum absolute atomic E-state index is 0.135. The number of hydrogen-bond donors (Lipinski definition) is 2. The van der Waals surface area contributed by atoms with Gasteiger partial charge in [0.15, 0.2) is 0 Å². The number of rotatable bonds is 3. The zero-order valence-electron chi connectivity index (χ0n) is 11.7. The van der Waals surface area contributed by atoms with Gasteiger partial charge in [0.1, 0.15) is 17.2 Å². The maximum atomic E-state index is 12.5. The van der Waals surface area contributed by atoms with Crippen molar-refractivity contribution in [1.82, 2.24) is 14.3 Å². The number of aromatic amines is 1. The van der Waals surface area contributed by atoms with Crippen LogP contribution in [0.4, 0.5) is 0 Å². The fourth-order valence-electron chi connectivity index (χ4n) is 2.16. The second-order valence-corrected chi connectivity index (χ2v) is 4.56. The van der Waals surface area contributed by atoms with E-state index in [1.165, 1.54) is 19.2 Å². The number of nitrogens with zero attached hydrogens (tertiary/aromatic N) is 2. The van der Waals surface area contributed by atoms with Gasteiger partial charge in [-0.15, -0.1) is 0 Å². The van der Waals surface area contributed by atoms with Crippen molar-refractivity contribution in [2.45, 2.75) is 0 Å². The van der Waals surface area contributed by atoms with Gasteiger partial charge in [0.25, 0.3) is 0 Å². The molecule has 0 fully saturated rings. The molecular weight excluding hydrogens is 286 g/mol. The Balaban J connectivity index is 2.23. The van der Waals surface area contributed by atoms with Gasteiger partial charge in [0.2, 0.25) is 0 Å². The molecule has 0 spiro atoms. The molecule has 0 aliphatic carbocycles. The van der Waals surface area contributed by atoms with Crippen LogP contribution >= 0.6 is 0 Å². The van der Waals surface area contributed by atoms with Gasteiger partial charge in [0.05, 0.1) is 12.8 Å². The van der Waals surface area contributed by atoms with Crippen LogP contribution in [0.3, 0.4) is 0 Å². The van der Waals surface area contributed by atoms with Crippen molar-refractivity contribution in [1.29, 1.82) is 0 Å². The number of para-hydroxylation sites is 1. The zero-order chi connectivity index (χ0) is 15.7. The quantitative estimate of drug-likeness (QED) is 0.756. The number of H-pyrrole nitrogens is 1. The first-order valence-electron chi connectivity index (χ1n) is 6.48. The lowest BCUT2D eigenvalue weighted by Gasteiger charge is -2.06. The highest BCUT2D eigenvalue weighted by molar-refractivity contribution is 5.49. The predicted molar refractivity (Wildman–Crippen MR) is 80.2 cm³/mol. The van der Waals surface area contributed by atoms with E-state index < -0.39 is 11.4 Å². The minimum Gasteiger partial charge on any atom is -0.506 e. The van der Waals surface area contributed by atoms with Gasteiger partial charge in [-0.25, -0.2) is 19.3 Å². The van der Waals surface area contributed by atoms with Crippen molar-refractivity contribution >= 4 is 0 Å². The van der Waals surface area contributed by atoms with Crippen molar-refractivity contribution < 1.29 is 9.84 Å². The van der Waals surface area contributed by atoms with Crippen LogP contribution in [-0.4, -0.2) is 26.6 Å². The molecule has 3 aromatic rings. The monoisotopic (exact) mass is 299 g/mol. The van der Waals surface area contributed by atoms with E-state index >= 15 is 0 Å². The van der Waals surface area contributed by atoms with Gasteiger partial charge in [-0.05, 0) is 24.3 Å². The third-order valence-electron chi connectivity index (χ3n) is 3.23. The van der Waals surface area contributed by atoms with Crippen LogP contribution in [0.2, 0.25) is 0 Å². The predicted octanol–water partition coefficient (Wildman–Crippen LogP) is 1.03. The van der Waals surface area contributed by atoms with E-state index in [0.29, 0.717) is 11.4 Å². The molecule has 0 radical (unpaired) electrons. The Morgan fingerprint density at radius 1 is 1.09 bits per heavy atom. The summed E-state index contributed by atoms with van der Waals surface area (Å²) in [6, 6.07) is 12.9. The van der Waals surface area contributed by atoms with Crippen molar-refractivity contribution in [2.75, 3.05) is 7.11 Å². The number of ether oxygens (including phenoxy) is 1. The summed E-state index contributed by atoms with van der Waals surface area (Å²) < 4.78 is 7.03. The number of phenolic OH excluding ortho intramolecular Hbond substituents is 1. The lowest BCUT2D eigenvalue weighted by molar-refractivity contribution is 0.411. The molecule has 0 bridgehead atoms. The fraction of sp³-hybridized carbons (Fsp3) is 0.0667. The lowest BCUT2D eigenvalue weighted by atomic mass is 10.3. The Morgan fingerprint density at radius 2 is 1.82 bits per heavy atom. The van der Waals surface area contributed by atoms with Crippen LogP contribution in [-0.2, 0) is 0 Å². The van der Waals surface area contributed by atoms with E-state index in [9.17, 15) is 14.7 Å².